The number of aliphatic hydroxyl groups is 5. The van der Waals surface area contributed by atoms with Crippen LogP contribution in [0.1, 0.15) is 35.6 Å². The van der Waals surface area contributed by atoms with Crippen LogP contribution in [-0.4, -0.2) is 120 Å². The van der Waals surface area contributed by atoms with Crippen LogP contribution in [0.15, 0.2) is 91.0 Å². The average Bonchev–Trinajstić information content (AvgIpc) is 3.71. The number of rotatable bonds is 11. The molecule has 4 aliphatic heterocycles. The first-order chi connectivity index (χ1) is 30.1. The highest BCUT2D eigenvalue weighted by Gasteiger charge is 2.66. The van der Waals surface area contributed by atoms with Gasteiger partial charge in [-0.25, -0.2) is 0 Å². The number of hydrogen-bond donors (Lipinski definition) is 6. The van der Waals surface area contributed by atoms with Gasteiger partial charge in [-0.2, -0.15) is 0 Å². The van der Waals surface area contributed by atoms with Gasteiger partial charge in [-0.1, -0.05) is 73.7 Å². The van der Waals surface area contributed by atoms with Gasteiger partial charge in [-0.05, 0) is 71.1 Å². The van der Waals surface area contributed by atoms with Crippen molar-refractivity contribution in [2.24, 2.45) is 5.92 Å². The Hall–Kier alpha value is -5.17. The second-order valence-corrected chi connectivity index (χ2v) is 22.3. The van der Waals surface area contributed by atoms with Gasteiger partial charge >= 0.3 is 0 Å². The van der Waals surface area contributed by atoms with Gasteiger partial charge in [-0.3, -0.25) is 14.4 Å². The molecule has 4 aliphatic rings. The third-order valence-electron chi connectivity index (χ3n) is 13.7. The molecule has 10 atom stereocenters. The molecule has 0 saturated carbocycles. The number of nitrogens with zero attached hydrogens (tertiary/aromatic N) is 2. The van der Waals surface area contributed by atoms with Crippen molar-refractivity contribution in [2.75, 3.05) is 31.0 Å². The number of carbonyl (C=O) groups excluding carboxylic acids is 3. The fourth-order valence-corrected chi connectivity index (χ4v) is 14.3. The van der Waals surface area contributed by atoms with Gasteiger partial charge in [0.15, 0.2) is 18.0 Å². The first-order valence-corrected chi connectivity index (χ1v) is 24.3. The third kappa shape index (κ3) is 7.82. The van der Waals surface area contributed by atoms with Gasteiger partial charge in [0.05, 0.1) is 59.7 Å². The summed E-state index contributed by atoms with van der Waals surface area (Å²) in [5.41, 5.74) is 2.73. The van der Waals surface area contributed by atoms with Crippen LogP contribution in [0, 0.1) is 5.92 Å². The smallest absolute Gasteiger partial charge is 0.264 e. The molecule has 15 nitrogen and oxygen atoms in total. The van der Waals surface area contributed by atoms with Crippen molar-refractivity contribution in [3.05, 3.63) is 113 Å². The van der Waals surface area contributed by atoms with Crippen molar-refractivity contribution in [3.63, 3.8) is 0 Å². The van der Waals surface area contributed by atoms with E-state index >= 15 is 4.79 Å². The van der Waals surface area contributed by atoms with Crippen LogP contribution in [-0.2, 0) is 49.0 Å². The summed E-state index contributed by atoms with van der Waals surface area (Å²) in [6.45, 7) is 6.86. The predicted octanol–water partition coefficient (Wildman–Crippen LogP) is 2.54. The summed E-state index contributed by atoms with van der Waals surface area (Å²) >= 11 is 0. The lowest BCUT2D eigenvalue weighted by Crippen LogP contribution is -2.60. The van der Waals surface area contributed by atoms with Crippen molar-refractivity contribution in [3.8, 4) is 11.5 Å². The quantitative estimate of drug-likeness (QED) is 0.120. The molecule has 6 N–H and O–H groups in total. The van der Waals surface area contributed by atoms with Crippen LogP contribution in [0.5, 0.6) is 11.5 Å². The van der Waals surface area contributed by atoms with E-state index in [1.807, 2.05) is 48.5 Å². The molecule has 2 saturated heterocycles. The Labute approximate surface area is 366 Å². The first-order valence-electron chi connectivity index (χ1n) is 21.2. The maximum atomic E-state index is 15.4. The molecule has 63 heavy (non-hydrogen) atoms. The minimum absolute atomic E-state index is 0.00317. The van der Waals surface area contributed by atoms with Crippen LogP contribution >= 0.6 is 0 Å². The molecule has 4 aromatic carbocycles. The predicted molar refractivity (Wildman–Crippen MR) is 234 cm³/mol. The lowest BCUT2D eigenvalue weighted by Gasteiger charge is -2.39. The van der Waals surface area contributed by atoms with E-state index in [9.17, 15) is 35.1 Å². The fraction of sp³-hybridized carbons (Fsp3) is 0.426. The Morgan fingerprint density at radius 1 is 0.873 bits per heavy atom. The van der Waals surface area contributed by atoms with E-state index in [1.54, 1.807) is 54.4 Å². The standard InChI is InChI=1S/C47H55N3O12Si/c1-26-43(63(4,5)34-17-14-32(59-2)15-18-34)37(22-38(52)49-24-29-9-7-6-8-28(29)20-31(49)25-51)62-47(26)35-21-33(60-3)16-19-36(35)50(46(47)58)23-27-10-12-30(13-11-27)48-44(56)42-40(54)39(53)41(55)45(57)61-42/h6-19,21,26,31,37,39-43,45,51,53-55,57H,20,22-25H2,1-5H3,(H,48,56)/t26-,31+,37+,39+,40+,41-,42+,43-,45-,47+/m1/s1. The molecule has 3 amide bonds. The van der Waals surface area contributed by atoms with Gasteiger partial charge in [0.25, 0.3) is 11.8 Å². The summed E-state index contributed by atoms with van der Waals surface area (Å²) in [7, 11) is 0.566. The summed E-state index contributed by atoms with van der Waals surface area (Å²) in [6, 6.07) is 27.8. The molecular weight excluding hydrogens is 827 g/mol. The number of nitrogens with one attached hydrogen (secondary N) is 1. The van der Waals surface area contributed by atoms with Gasteiger partial charge in [0.2, 0.25) is 5.91 Å². The fourth-order valence-electron chi connectivity index (χ4n) is 10.3. The second-order valence-electron chi connectivity index (χ2n) is 17.6. The van der Waals surface area contributed by atoms with Crippen LogP contribution in [0.4, 0.5) is 11.4 Å². The summed E-state index contributed by atoms with van der Waals surface area (Å²) in [5, 5.41) is 54.4. The summed E-state index contributed by atoms with van der Waals surface area (Å²) in [6.07, 6.45) is -9.01. The first kappa shape index (κ1) is 44.4. The molecule has 8 rings (SSSR count). The lowest BCUT2D eigenvalue weighted by molar-refractivity contribution is -0.274. The number of methoxy groups -OCH3 is 2. The number of anilines is 2. The molecule has 4 heterocycles. The van der Waals surface area contributed by atoms with E-state index in [0.717, 1.165) is 22.1 Å². The SMILES string of the molecule is COc1ccc([Si](C)(C)[C@H]2[C@H](CC(=O)N3Cc4ccccc4C[C@H]3CO)O[C@@]3(C(=O)N(Cc4ccc(NC(=O)[C@H]5O[C@@H](O)[C@H](O)[C@@H](O)[C@@H]5O)cc4)c4ccc(OC)cc43)[C@@H]2C)cc1. The molecule has 0 bridgehead atoms. The van der Waals surface area contributed by atoms with Crippen LogP contribution in [0.2, 0.25) is 18.6 Å². The molecule has 0 aliphatic carbocycles. The van der Waals surface area contributed by atoms with Gasteiger partial charge < -0.3 is 59.6 Å². The number of hydrogen-bond acceptors (Lipinski definition) is 12. The highest BCUT2D eigenvalue weighted by molar-refractivity contribution is 6.91. The molecule has 0 aromatic heterocycles. The van der Waals surface area contributed by atoms with E-state index in [2.05, 4.69) is 37.5 Å². The van der Waals surface area contributed by atoms with Gasteiger partial charge in [-0.15, -0.1) is 0 Å². The number of fused-ring (bicyclic) bond motifs is 3. The molecule has 4 aromatic rings. The Morgan fingerprint density at radius 3 is 2.21 bits per heavy atom. The van der Waals surface area contributed by atoms with E-state index in [-0.39, 0.29) is 36.9 Å². The lowest BCUT2D eigenvalue weighted by atomic mass is 9.82. The van der Waals surface area contributed by atoms with Gasteiger partial charge in [0.1, 0.15) is 29.8 Å². The van der Waals surface area contributed by atoms with Crippen LogP contribution in [0.3, 0.4) is 0 Å². The number of benzene rings is 4. The molecule has 1 spiro atoms. The maximum Gasteiger partial charge on any atom is 0.264 e. The Bertz CT molecular complexity index is 2350. The van der Waals surface area contributed by atoms with Crippen molar-refractivity contribution in [1.82, 2.24) is 4.90 Å². The highest BCUT2D eigenvalue weighted by atomic mass is 28.3. The van der Waals surface area contributed by atoms with E-state index in [1.165, 1.54) is 0 Å². The Kier molecular flexibility index (Phi) is 12.3. The van der Waals surface area contributed by atoms with Crippen molar-refractivity contribution in [1.29, 1.82) is 0 Å². The Balaban J connectivity index is 1.11. The Morgan fingerprint density at radius 2 is 1.54 bits per heavy atom. The van der Waals surface area contributed by atoms with E-state index < -0.39 is 68.4 Å². The maximum absolute atomic E-state index is 15.4. The zero-order chi connectivity index (χ0) is 45.0. The number of carbonyl (C=O) groups is 3. The summed E-state index contributed by atoms with van der Waals surface area (Å²) < 4.78 is 23.5. The zero-order valence-electron chi connectivity index (χ0n) is 35.9. The summed E-state index contributed by atoms with van der Waals surface area (Å²) in [5.74, 6) is -0.423. The third-order valence-corrected chi connectivity index (χ3v) is 18.1. The molecule has 16 heteroatoms. The van der Waals surface area contributed by atoms with Crippen molar-refractivity contribution >= 4 is 42.4 Å². The topological polar surface area (TPSA) is 208 Å². The number of aliphatic hydroxyl groups excluding tert-OH is 5. The largest absolute Gasteiger partial charge is 0.497 e. The second kappa shape index (κ2) is 17.4. The van der Waals surface area contributed by atoms with Gasteiger partial charge in [0, 0.05) is 23.7 Å². The zero-order valence-corrected chi connectivity index (χ0v) is 36.9. The molecule has 0 unspecified atom stereocenters. The monoisotopic (exact) mass is 881 g/mol. The van der Waals surface area contributed by atoms with Crippen molar-refractivity contribution in [2.45, 2.75) is 99.9 Å². The highest BCUT2D eigenvalue weighted by Crippen LogP contribution is 2.60. The summed E-state index contributed by atoms with van der Waals surface area (Å²) in [4.78, 5) is 46.5. The minimum Gasteiger partial charge on any atom is -0.497 e. The minimum atomic E-state index is -2.62. The molecular formula is C47H55N3O12Si. The number of ether oxygens (including phenoxy) is 4. The number of amides is 3. The molecule has 334 valence electrons. The normalized spacial score (nSPS) is 29.0. The van der Waals surface area contributed by atoms with Crippen LogP contribution < -0.4 is 24.9 Å². The van der Waals surface area contributed by atoms with Crippen molar-refractivity contribution < 1.29 is 58.9 Å². The molecule has 0 radical (unpaired) electrons. The van der Waals surface area contributed by atoms with E-state index in [0.29, 0.717) is 41.2 Å². The van der Waals surface area contributed by atoms with Crippen LogP contribution in [0.25, 0.3) is 0 Å². The molecule has 2 fully saturated rings. The average molecular weight is 882 g/mol. The van der Waals surface area contributed by atoms with E-state index in [4.69, 9.17) is 18.9 Å².